The number of nitrogens with one attached hydrogen (secondary N) is 1. The van der Waals surface area contributed by atoms with Gasteiger partial charge >= 0.3 is 0 Å². The SMILES string of the molecule is COc1ccc(C#CCNS(=O)(=O)c2ccc(C)cc2C)cc1. The van der Waals surface area contributed by atoms with Crippen molar-refractivity contribution in [3.05, 3.63) is 59.2 Å². The van der Waals surface area contributed by atoms with Crippen LogP contribution in [0.1, 0.15) is 16.7 Å². The lowest BCUT2D eigenvalue weighted by Crippen LogP contribution is -2.24. The van der Waals surface area contributed by atoms with E-state index in [0.29, 0.717) is 0 Å². The van der Waals surface area contributed by atoms with Gasteiger partial charge in [-0.05, 0) is 49.7 Å². The number of sulfonamides is 1. The molecule has 120 valence electrons. The van der Waals surface area contributed by atoms with Gasteiger partial charge in [-0.3, -0.25) is 0 Å². The van der Waals surface area contributed by atoms with Crippen LogP contribution in [0.3, 0.4) is 0 Å². The third-order valence-corrected chi connectivity index (χ3v) is 4.85. The average Bonchev–Trinajstić information content (AvgIpc) is 2.52. The van der Waals surface area contributed by atoms with E-state index in [1.165, 1.54) is 0 Å². The van der Waals surface area contributed by atoms with E-state index in [-0.39, 0.29) is 11.4 Å². The van der Waals surface area contributed by atoms with Crippen molar-refractivity contribution in [1.29, 1.82) is 0 Å². The fourth-order valence-corrected chi connectivity index (χ4v) is 3.28. The highest BCUT2D eigenvalue weighted by molar-refractivity contribution is 7.89. The van der Waals surface area contributed by atoms with Crippen LogP contribution in [0, 0.1) is 25.7 Å². The predicted molar refractivity (Wildman–Crippen MR) is 91.0 cm³/mol. The van der Waals surface area contributed by atoms with Crippen LogP contribution < -0.4 is 9.46 Å². The van der Waals surface area contributed by atoms with Gasteiger partial charge in [0.2, 0.25) is 10.0 Å². The van der Waals surface area contributed by atoms with Gasteiger partial charge in [0, 0.05) is 5.56 Å². The Labute approximate surface area is 137 Å². The summed E-state index contributed by atoms with van der Waals surface area (Å²) >= 11 is 0. The average molecular weight is 329 g/mol. The van der Waals surface area contributed by atoms with Gasteiger partial charge in [-0.2, -0.15) is 4.72 Å². The summed E-state index contributed by atoms with van der Waals surface area (Å²) in [6, 6.07) is 12.5. The monoisotopic (exact) mass is 329 g/mol. The van der Waals surface area contributed by atoms with Gasteiger partial charge < -0.3 is 4.74 Å². The van der Waals surface area contributed by atoms with Gasteiger partial charge in [-0.1, -0.05) is 29.5 Å². The Morgan fingerprint density at radius 3 is 2.39 bits per heavy atom. The number of rotatable bonds is 4. The molecular weight excluding hydrogens is 310 g/mol. The molecule has 2 aromatic rings. The molecule has 5 heteroatoms. The molecule has 0 aliphatic carbocycles. The van der Waals surface area contributed by atoms with E-state index >= 15 is 0 Å². The Morgan fingerprint density at radius 1 is 1.09 bits per heavy atom. The van der Waals surface area contributed by atoms with Gasteiger partial charge in [0.05, 0.1) is 18.6 Å². The van der Waals surface area contributed by atoms with Gasteiger partial charge in [0.25, 0.3) is 0 Å². The number of hydrogen-bond donors (Lipinski definition) is 1. The number of ether oxygens (including phenoxy) is 1. The summed E-state index contributed by atoms with van der Waals surface area (Å²) in [6.45, 7) is 3.77. The Hall–Kier alpha value is -2.29. The van der Waals surface area contributed by atoms with Crippen LogP contribution in [0.15, 0.2) is 47.4 Å². The summed E-state index contributed by atoms with van der Waals surface area (Å²) in [5, 5.41) is 0. The predicted octanol–water partition coefficient (Wildman–Crippen LogP) is 2.64. The van der Waals surface area contributed by atoms with Crippen LogP contribution in [0.2, 0.25) is 0 Å². The molecule has 0 bridgehead atoms. The highest BCUT2D eigenvalue weighted by Gasteiger charge is 2.15. The van der Waals surface area contributed by atoms with E-state index in [2.05, 4.69) is 16.6 Å². The highest BCUT2D eigenvalue weighted by atomic mass is 32.2. The second kappa shape index (κ2) is 7.32. The van der Waals surface area contributed by atoms with Crippen molar-refractivity contribution in [1.82, 2.24) is 4.72 Å². The Bertz CT molecular complexity index is 844. The molecule has 0 unspecified atom stereocenters. The first kappa shape index (κ1) is 17.1. The fraction of sp³-hybridized carbons (Fsp3) is 0.222. The molecule has 0 aromatic heterocycles. The second-order valence-electron chi connectivity index (χ2n) is 5.12. The van der Waals surface area contributed by atoms with Crippen LogP contribution in [0.25, 0.3) is 0 Å². The van der Waals surface area contributed by atoms with Crippen LogP contribution in [-0.2, 0) is 10.0 Å². The zero-order valence-electron chi connectivity index (χ0n) is 13.4. The number of benzene rings is 2. The van der Waals surface area contributed by atoms with E-state index in [4.69, 9.17) is 4.74 Å². The minimum atomic E-state index is -3.55. The standard InChI is InChI=1S/C18H19NO3S/c1-14-6-11-18(15(2)13-14)23(20,21)19-12-4-5-16-7-9-17(22-3)10-8-16/h6-11,13,19H,12H2,1-3H3. The van der Waals surface area contributed by atoms with Crippen molar-refractivity contribution in [3.8, 4) is 17.6 Å². The van der Waals surface area contributed by atoms with Crippen molar-refractivity contribution in [2.75, 3.05) is 13.7 Å². The molecule has 0 amide bonds. The third kappa shape index (κ3) is 4.59. The number of aryl methyl sites for hydroxylation is 2. The highest BCUT2D eigenvalue weighted by Crippen LogP contribution is 2.16. The quantitative estimate of drug-likeness (QED) is 0.878. The van der Waals surface area contributed by atoms with Crippen molar-refractivity contribution in [2.45, 2.75) is 18.7 Å². The topological polar surface area (TPSA) is 55.4 Å². The van der Waals surface area contributed by atoms with Crippen molar-refractivity contribution in [2.24, 2.45) is 0 Å². The van der Waals surface area contributed by atoms with Gasteiger partial charge in [0.1, 0.15) is 5.75 Å². The molecule has 2 aromatic carbocycles. The Morgan fingerprint density at radius 2 is 1.78 bits per heavy atom. The maximum Gasteiger partial charge on any atom is 0.241 e. The number of hydrogen-bond acceptors (Lipinski definition) is 3. The van der Waals surface area contributed by atoms with E-state index in [9.17, 15) is 8.42 Å². The van der Waals surface area contributed by atoms with E-state index in [0.717, 1.165) is 22.4 Å². The molecule has 0 fully saturated rings. The lowest BCUT2D eigenvalue weighted by molar-refractivity contribution is 0.415. The zero-order valence-corrected chi connectivity index (χ0v) is 14.2. The van der Waals surface area contributed by atoms with Crippen LogP contribution >= 0.6 is 0 Å². The summed E-state index contributed by atoms with van der Waals surface area (Å²) in [5.41, 5.74) is 2.55. The maximum atomic E-state index is 12.3. The summed E-state index contributed by atoms with van der Waals surface area (Å²) in [5.74, 6) is 6.48. The molecule has 4 nitrogen and oxygen atoms in total. The first-order valence-electron chi connectivity index (χ1n) is 7.12. The molecule has 0 aliphatic rings. The fourth-order valence-electron chi connectivity index (χ4n) is 2.13. The van der Waals surface area contributed by atoms with Crippen LogP contribution in [0.4, 0.5) is 0 Å². The molecule has 23 heavy (non-hydrogen) atoms. The summed E-state index contributed by atoms with van der Waals surface area (Å²) < 4.78 is 32.1. The molecule has 0 aliphatic heterocycles. The molecule has 1 N–H and O–H groups in total. The first-order valence-corrected chi connectivity index (χ1v) is 8.60. The third-order valence-electron chi connectivity index (χ3n) is 3.29. The molecule has 0 saturated carbocycles. The molecule has 0 spiro atoms. The van der Waals surface area contributed by atoms with Gasteiger partial charge in [0.15, 0.2) is 0 Å². The van der Waals surface area contributed by atoms with Gasteiger partial charge in [-0.25, -0.2) is 8.42 Å². The zero-order chi connectivity index (χ0) is 16.9. The summed E-state index contributed by atoms with van der Waals surface area (Å²) in [4.78, 5) is 0.286. The normalized spacial score (nSPS) is 10.7. The minimum absolute atomic E-state index is 0.0572. The molecule has 0 radical (unpaired) electrons. The van der Waals surface area contributed by atoms with Gasteiger partial charge in [-0.15, -0.1) is 0 Å². The smallest absolute Gasteiger partial charge is 0.241 e. The molecule has 0 saturated heterocycles. The summed E-state index contributed by atoms with van der Waals surface area (Å²) in [7, 11) is -1.95. The lowest BCUT2D eigenvalue weighted by Gasteiger charge is -2.07. The van der Waals surface area contributed by atoms with E-state index < -0.39 is 10.0 Å². The first-order chi connectivity index (χ1) is 10.9. The van der Waals surface area contributed by atoms with E-state index in [1.807, 2.05) is 37.3 Å². The largest absolute Gasteiger partial charge is 0.497 e. The van der Waals surface area contributed by atoms with E-state index in [1.54, 1.807) is 26.2 Å². The van der Waals surface area contributed by atoms with Crippen LogP contribution in [0.5, 0.6) is 5.75 Å². The molecular formula is C18H19NO3S. The molecule has 0 heterocycles. The Kier molecular flexibility index (Phi) is 5.43. The number of methoxy groups -OCH3 is 1. The molecule has 2 rings (SSSR count). The minimum Gasteiger partial charge on any atom is -0.497 e. The lowest BCUT2D eigenvalue weighted by atomic mass is 10.2. The van der Waals surface area contributed by atoms with Crippen LogP contribution in [-0.4, -0.2) is 22.1 Å². The molecule has 0 atom stereocenters. The maximum absolute atomic E-state index is 12.3. The van der Waals surface area contributed by atoms with Crippen molar-refractivity contribution >= 4 is 10.0 Å². The van der Waals surface area contributed by atoms with Crippen molar-refractivity contribution in [3.63, 3.8) is 0 Å². The second-order valence-corrected chi connectivity index (χ2v) is 6.86. The summed E-state index contributed by atoms with van der Waals surface area (Å²) in [6.07, 6.45) is 0. The Balaban J connectivity index is 2.04. The van der Waals surface area contributed by atoms with Crippen molar-refractivity contribution < 1.29 is 13.2 Å².